The van der Waals surface area contributed by atoms with Gasteiger partial charge in [-0.3, -0.25) is 4.79 Å². The maximum atomic E-state index is 13.6. The van der Waals surface area contributed by atoms with E-state index < -0.39 is 5.97 Å². The number of rotatable bonds is 7. The lowest BCUT2D eigenvalue weighted by Gasteiger charge is -2.17. The first-order chi connectivity index (χ1) is 12.1. The van der Waals surface area contributed by atoms with Gasteiger partial charge < -0.3 is 15.7 Å². The fraction of sp³-hybridized carbons (Fsp3) is 0.350. The summed E-state index contributed by atoms with van der Waals surface area (Å²) in [6, 6.07) is 14.7. The van der Waals surface area contributed by atoms with Gasteiger partial charge in [0, 0.05) is 30.4 Å². The zero-order chi connectivity index (χ0) is 17.6. The highest BCUT2D eigenvalue weighted by Crippen LogP contribution is 2.26. The van der Waals surface area contributed by atoms with E-state index in [9.17, 15) is 14.3 Å². The first-order valence-electron chi connectivity index (χ1n) is 8.66. The van der Waals surface area contributed by atoms with Gasteiger partial charge in [0.1, 0.15) is 5.82 Å². The summed E-state index contributed by atoms with van der Waals surface area (Å²) in [6.07, 6.45) is 2.64. The number of carboxylic acids is 1. The van der Waals surface area contributed by atoms with Gasteiger partial charge in [0.25, 0.3) is 0 Å². The van der Waals surface area contributed by atoms with Crippen molar-refractivity contribution in [3.63, 3.8) is 0 Å². The maximum absolute atomic E-state index is 13.6. The van der Waals surface area contributed by atoms with E-state index in [0.29, 0.717) is 18.7 Å². The number of hydrogen-bond acceptors (Lipinski definition) is 3. The van der Waals surface area contributed by atoms with E-state index in [4.69, 9.17) is 0 Å². The molecule has 5 heteroatoms. The second-order valence-corrected chi connectivity index (χ2v) is 6.50. The Morgan fingerprint density at radius 2 is 1.84 bits per heavy atom. The molecule has 2 unspecified atom stereocenters. The van der Waals surface area contributed by atoms with Crippen molar-refractivity contribution in [3.8, 4) is 0 Å². The molecule has 132 valence electrons. The van der Waals surface area contributed by atoms with E-state index in [0.717, 1.165) is 30.5 Å². The van der Waals surface area contributed by atoms with Gasteiger partial charge >= 0.3 is 5.97 Å². The monoisotopic (exact) mass is 342 g/mol. The lowest BCUT2D eigenvalue weighted by molar-refractivity contribution is -0.142. The first-order valence-corrected chi connectivity index (χ1v) is 8.66. The third kappa shape index (κ3) is 4.57. The Morgan fingerprint density at radius 3 is 2.56 bits per heavy atom. The van der Waals surface area contributed by atoms with Gasteiger partial charge in [0.15, 0.2) is 0 Å². The molecule has 25 heavy (non-hydrogen) atoms. The Balaban J connectivity index is 1.50. The Morgan fingerprint density at radius 1 is 1.08 bits per heavy atom. The Labute approximate surface area is 147 Å². The van der Waals surface area contributed by atoms with Crippen LogP contribution in [0, 0.1) is 11.7 Å². The predicted octanol–water partition coefficient (Wildman–Crippen LogP) is 3.78. The van der Waals surface area contributed by atoms with E-state index in [1.165, 1.54) is 6.07 Å². The smallest absolute Gasteiger partial charge is 0.308 e. The summed E-state index contributed by atoms with van der Waals surface area (Å²) in [5.41, 5.74) is 2.66. The van der Waals surface area contributed by atoms with Crippen LogP contribution in [0.15, 0.2) is 48.5 Å². The van der Waals surface area contributed by atoms with Gasteiger partial charge in [-0.05, 0) is 36.6 Å². The third-order valence-electron chi connectivity index (χ3n) is 4.80. The van der Waals surface area contributed by atoms with E-state index in [1.54, 1.807) is 12.1 Å². The number of hydrogen-bond donors (Lipinski definition) is 3. The number of aliphatic carboxylic acids is 1. The van der Waals surface area contributed by atoms with Crippen LogP contribution in [0.4, 0.5) is 10.1 Å². The highest BCUT2D eigenvalue weighted by atomic mass is 19.1. The minimum absolute atomic E-state index is 0.0522. The third-order valence-corrected chi connectivity index (χ3v) is 4.80. The van der Waals surface area contributed by atoms with Gasteiger partial charge in [-0.2, -0.15) is 0 Å². The molecule has 0 aliphatic heterocycles. The van der Waals surface area contributed by atoms with E-state index in [1.807, 2.05) is 30.3 Å². The summed E-state index contributed by atoms with van der Waals surface area (Å²) >= 11 is 0. The van der Waals surface area contributed by atoms with Crippen LogP contribution < -0.4 is 10.6 Å². The molecule has 4 nitrogen and oxygen atoms in total. The summed E-state index contributed by atoms with van der Waals surface area (Å²) in [5, 5.41) is 15.8. The number of halogens is 1. The first kappa shape index (κ1) is 17.4. The average molecular weight is 342 g/mol. The van der Waals surface area contributed by atoms with Crippen LogP contribution in [0.3, 0.4) is 0 Å². The van der Waals surface area contributed by atoms with E-state index in [2.05, 4.69) is 10.6 Å². The molecule has 2 aromatic carbocycles. The SMILES string of the molecule is O=C(O)C1CCCC1NCc1ccc(NCc2ccccc2F)cc1. The van der Waals surface area contributed by atoms with Gasteiger partial charge in [-0.25, -0.2) is 4.39 Å². The molecule has 1 saturated carbocycles. The van der Waals surface area contributed by atoms with E-state index >= 15 is 0 Å². The van der Waals surface area contributed by atoms with Crippen LogP contribution in [0.1, 0.15) is 30.4 Å². The second-order valence-electron chi connectivity index (χ2n) is 6.50. The topological polar surface area (TPSA) is 61.4 Å². The van der Waals surface area contributed by atoms with Crippen molar-refractivity contribution >= 4 is 11.7 Å². The molecule has 3 N–H and O–H groups in total. The largest absolute Gasteiger partial charge is 0.481 e. The summed E-state index contributed by atoms with van der Waals surface area (Å²) in [4.78, 5) is 11.2. The standard InChI is InChI=1S/C20H23FN2O2/c21-18-6-2-1-4-15(18)13-22-16-10-8-14(9-11-16)12-23-19-7-3-5-17(19)20(24)25/h1-2,4,6,8-11,17,19,22-23H,3,5,7,12-13H2,(H,24,25). The van der Waals surface area contributed by atoms with Crippen LogP contribution in [0.25, 0.3) is 0 Å². The molecular weight excluding hydrogens is 319 g/mol. The van der Waals surface area contributed by atoms with Crippen LogP contribution in [-0.4, -0.2) is 17.1 Å². The van der Waals surface area contributed by atoms with Crippen LogP contribution >= 0.6 is 0 Å². The Bertz CT molecular complexity index is 718. The molecule has 1 aliphatic rings. The Hall–Kier alpha value is -2.40. The number of nitrogens with one attached hydrogen (secondary N) is 2. The number of anilines is 1. The van der Waals surface area contributed by atoms with Gasteiger partial charge in [-0.15, -0.1) is 0 Å². The fourth-order valence-corrected chi connectivity index (χ4v) is 3.33. The highest BCUT2D eigenvalue weighted by Gasteiger charge is 2.32. The van der Waals surface area contributed by atoms with Crippen molar-refractivity contribution in [3.05, 3.63) is 65.5 Å². The van der Waals surface area contributed by atoms with Crippen molar-refractivity contribution < 1.29 is 14.3 Å². The molecule has 2 aromatic rings. The fourth-order valence-electron chi connectivity index (χ4n) is 3.33. The summed E-state index contributed by atoms with van der Waals surface area (Å²) in [7, 11) is 0. The molecular formula is C20H23FN2O2. The second kappa shape index (κ2) is 8.12. The molecule has 0 radical (unpaired) electrons. The number of carbonyl (C=O) groups is 1. The maximum Gasteiger partial charge on any atom is 0.308 e. The van der Waals surface area contributed by atoms with Crippen molar-refractivity contribution in [2.45, 2.75) is 38.4 Å². The molecule has 3 rings (SSSR count). The zero-order valence-corrected chi connectivity index (χ0v) is 14.0. The molecule has 0 saturated heterocycles. The summed E-state index contributed by atoms with van der Waals surface area (Å²) in [6.45, 7) is 1.09. The van der Waals surface area contributed by atoms with Crippen LogP contribution in [0.5, 0.6) is 0 Å². The van der Waals surface area contributed by atoms with Crippen molar-refractivity contribution in [2.75, 3.05) is 5.32 Å². The van der Waals surface area contributed by atoms with Crippen LogP contribution in [-0.2, 0) is 17.9 Å². The molecule has 0 aromatic heterocycles. The lowest BCUT2D eigenvalue weighted by atomic mass is 10.0. The lowest BCUT2D eigenvalue weighted by Crippen LogP contribution is -2.35. The van der Waals surface area contributed by atoms with E-state index in [-0.39, 0.29) is 17.8 Å². The summed E-state index contributed by atoms with van der Waals surface area (Å²) in [5.74, 6) is -1.19. The number of benzene rings is 2. The van der Waals surface area contributed by atoms with Crippen molar-refractivity contribution in [1.29, 1.82) is 0 Å². The van der Waals surface area contributed by atoms with Gasteiger partial charge in [0.05, 0.1) is 5.92 Å². The minimum Gasteiger partial charge on any atom is -0.481 e. The predicted molar refractivity (Wildman–Crippen MR) is 95.8 cm³/mol. The molecule has 0 amide bonds. The molecule has 0 heterocycles. The molecule has 1 fully saturated rings. The van der Waals surface area contributed by atoms with Crippen molar-refractivity contribution in [2.24, 2.45) is 5.92 Å². The molecule has 0 bridgehead atoms. The highest BCUT2D eigenvalue weighted by molar-refractivity contribution is 5.71. The normalized spacial score (nSPS) is 19.7. The van der Waals surface area contributed by atoms with Gasteiger partial charge in [0.2, 0.25) is 0 Å². The van der Waals surface area contributed by atoms with Crippen LogP contribution in [0.2, 0.25) is 0 Å². The van der Waals surface area contributed by atoms with Gasteiger partial charge in [-0.1, -0.05) is 36.8 Å². The zero-order valence-electron chi connectivity index (χ0n) is 14.0. The minimum atomic E-state index is -0.706. The Kier molecular flexibility index (Phi) is 5.66. The summed E-state index contributed by atoms with van der Waals surface area (Å²) < 4.78 is 13.6. The number of carboxylic acid groups (broad SMARTS) is 1. The molecule has 1 aliphatic carbocycles. The molecule has 2 atom stereocenters. The molecule has 0 spiro atoms. The quantitative estimate of drug-likeness (QED) is 0.717. The average Bonchev–Trinajstić information content (AvgIpc) is 3.09. The van der Waals surface area contributed by atoms with Crippen molar-refractivity contribution in [1.82, 2.24) is 5.32 Å².